The van der Waals surface area contributed by atoms with Crippen LogP contribution in [0.1, 0.15) is 17.2 Å². The first kappa shape index (κ1) is 14.6. The lowest BCUT2D eigenvalue weighted by molar-refractivity contribution is 0.173. The molecule has 0 radical (unpaired) electrons. The summed E-state index contributed by atoms with van der Waals surface area (Å²) in [5.41, 5.74) is 0.930. The van der Waals surface area contributed by atoms with Crippen molar-refractivity contribution in [3.8, 4) is 0 Å². The summed E-state index contributed by atoms with van der Waals surface area (Å²) < 4.78 is 13.6. The van der Waals surface area contributed by atoms with Crippen molar-refractivity contribution in [2.24, 2.45) is 0 Å². The molecule has 2 rings (SSSR count). The van der Waals surface area contributed by atoms with Gasteiger partial charge in [0, 0.05) is 17.0 Å². The number of benzene rings is 2. The molecule has 5 heteroatoms. The molecule has 0 aromatic heterocycles. The van der Waals surface area contributed by atoms with E-state index < -0.39 is 11.9 Å². The Morgan fingerprint density at radius 1 is 1.00 bits per heavy atom. The van der Waals surface area contributed by atoms with Crippen molar-refractivity contribution in [3.63, 3.8) is 0 Å². The Bertz CT molecular complexity index is 601. The smallest absolute Gasteiger partial charge is 0.129 e. The Hall–Kier alpha value is -0.800. The number of rotatable bonds is 3. The van der Waals surface area contributed by atoms with Gasteiger partial charge in [0.1, 0.15) is 5.82 Å². The van der Waals surface area contributed by atoms with E-state index in [2.05, 4.69) is 0 Å². The van der Waals surface area contributed by atoms with Crippen molar-refractivity contribution >= 4 is 34.8 Å². The van der Waals surface area contributed by atoms with Gasteiger partial charge in [0.2, 0.25) is 0 Å². The number of halogens is 4. The van der Waals surface area contributed by atoms with Gasteiger partial charge < -0.3 is 5.11 Å². The molecule has 1 unspecified atom stereocenters. The Labute approximate surface area is 125 Å². The van der Waals surface area contributed by atoms with E-state index in [0.717, 1.165) is 5.56 Å². The fourth-order valence-corrected chi connectivity index (χ4v) is 2.27. The summed E-state index contributed by atoms with van der Waals surface area (Å²) in [6, 6.07) is 9.11. The van der Waals surface area contributed by atoms with Crippen molar-refractivity contribution in [1.82, 2.24) is 0 Å². The maximum absolute atomic E-state index is 13.6. The lowest BCUT2D eigenvalue weighted by Gasteiger charge is -2.13. The average molecular weight is 320 g/mol. The van der Waals surface area contributed by atoms with E-state index in [0.29, 0.717) is 15.1 Å². The summed E-state index contributed by atoms with van der Waals surface area (Å²) >= 11 is 17.5. The van der Waals surface area contributed by atoms with Gasteiger partial charge in [-0.15, -0.1) is 0 Å². The van der Waals surface area contributed by atoms with Crippen molar-refractivity contribution in [3.05, 3.63) is 68.4 Å². The largest absolute Gasteiger partial charge is 0.388 e. The van der Waals surface area contributed by atoms with Crippen LogP contribution in [0.2, 0.25) is 15.1 Å². The fraction of sp³-hybridized carbons (Fsp3) is 0.143. The molecule has 0 aliphatic heterocycles. The molecule has 19 heavy (non-hydrogen) atoms. The molecule has 2 aromatic rings. The van der Waals surface area contributed by atoms with Crippen LogP contribution in [0.3, 0.4) is 0 Å². The van der Waals surface area contributed by atoms with Crippen LogP contribution in [-0.2, 0) is 6.42 Å². The maximum atomic E-state index is 13.6. The molecule has 100 valence electrons. The molecular weight excluding hydrogens is 310 g/mol. The summed E-state index contributed by atoms with van der Waals surface area (Å²) in [7, 11) is 0. The van der Waals surface area contributed by atoms with E-state index in [4.69, 9.17) is 34.8 Å². The van der Waals surface area contributed by atoms with Crippen LogP contribution >= 0.6 is 34.8 Å². The minimum absolute atomic E-state index is 0.165. The summed E-state index contributed by atoms with van der Waals surface area (Å²) in [6.07, 6.45) is -0.760. The number of hydrogen-bond acceptors (Lipinski definition) is 1. The van der Waals surface area contributed by atoms with E-state index in [-0.39, 0.29) is 12.0 Å². The molecule has 0 aliphatic rings. The minimum atomic E-state index is -0.990. The lowest BCUT2D eigenvalue weighted by Crippen LogP contribution is -2.04. The van der Waals surface area contributed by atoms with Gasteiger partial charge in [0.05, 0.1) is 16.1 Å². The third-order valence-corrected chi connectivity index (χ3v) is 3.70. The summed E-state index contributed by atoms with van der Waals surface area (Å²) in [4.78, 5) is 0. The second-order valence-corrected chi connectivity index (χ2v) is 5.39. The van der Waals surface area contributed by atoms with Crippen molar-refractivity contribution in [2.75, 3.05) is 0 Å². The van der Waals surface area contributed by atoms with E-state index in [9.17, 15) is 9.50 Å². The second kappa shape index (κ2) is 6.10. The zero-order chi connectivity index (χ0) is 14.0. The van der Waals surface area contributed by atoms with Crippen molar-refractivity contribution in [1.29, 1.82) is 0 Å². The number of aliphatic hydroxyl groups is 1. The molecule has 0 saturated carbocycles. The SMILES string of the molecule is OC(Cc1ccc(Cl)c(Cl)c1)c1cc(Cl)ccc1F. The molecule has 1 N–H and O–H groups in total. The van der Waals surface area contributed by atoms with Gasteiger partial charge in [-0.2, -0.15) is 0 Å². The van der Waals surface area contributed by atoms with Gasteiger partial charge in [0.15, 0.2) is 0 Å². The van der Waals surface area contributed by atoms with E-state index in [1.165, 1.54) is 18.2 Å². The Morgan fingerprint density at radius 3 is 2.42 bits per heavy atom. The van der Waals surface area contributed by atoms with Gasteiger partial charge in [-0.05, 0) is 35.9 Å². The third-order valence-electron chi connectivity index (χ3n) is 2.73. The van der Waals surface area contributed by atoms with Crippen LogP contribution in [0.25, 0.3) is 0 Å². The maximum Gasteiger partial charge on any atom is 0.129 e. The van der Waals surface area contributed by atoms with E-state index in [1.54, 1.807) is 18.2 Å². The summed E-state index contributed by atoms with van der Waals surface area (Å²) in [5.74, 6) is -0.489. The number of hydrogen-bond donors (Lipinski definition) is 1. The van der Waals surface area contributed by atoms with Crippen LogP contribution in [0.15, 0.2) is 36.4 Å². The number of aliphatic hydroxyl groups excluding tert-OH is 1. The van der Waals surface area contributed by atoms with Crippen LogP contribution in [0, 0.1) is 5.82 Å². The van der Waals surface area contributed by atoms with Crippen molar-refractivity contribution < 1.29 is 9.50 Å². The molecule has 1 nitrogen and oxygen atoms in total. The van der Waals surface area contributed by atoms with Crippen LogP contribution in [-0.4, -0.2) is 5.11 Å². The fourth-order valence-electron chi connectivity index (χ4n) is 1.77. The van der Waals surface area contributed by atoms with Crippen LogP contribution in [0.5, 0.6) is 0 Å². The minimum Gasteiger partial charge on any atom is -0.388 e. The highest BCUT2D eigenvalue weighted by molar-refractivity contribution is 6.42. The molecule has 1 atom stereocenters. The molecule has 0 aliphatic carbocycles. The van der Waals surface area contributed by atoms with Gasteiger partial charge in [-0.25, -0.2) is 4.39 Å². The normalized spacial score (nSPS) is 12.5. The molecule has 0 fully saturated rings. The van der Waals surface area contributed by atoms with Gasteiger partial charge >= 0.3 is 0 Å². The topological polar surface area (TPSA) is 20.2 Å². The van der Waals surface area contributed by atoms with Crippen molar-refractivity contribution in [2.45, 2.75) is 12.5 Å². The molecular formula is C14H10Cl3FO. The Balaban J connectivity index is 2.22. The molecule has 0 amide bonds. The Kier molecular flexibility index (Phi) is 4.69. The van der Waals surface area contributed by atoms with E-state index in [1.807, 2.05) is 0 Å². The highest BCUT2D eigenvalue weighted by Gasteiger charge is 2.14. The third kappa shape index (κ3) is 3.61. The first-order valence-corrected chi connectivity index (χ1v) is 6.67. The Morgan fingerprint density at radius 2 is 1.74 bits per heavy atom. The predicted octanol–water partition coefficient (Wildman–Crippen LogP) is 5.06. The molecule has 2 aromatic carbocycles. The zero-order valence-corrected chi connectivity index (χ0v) is 12.0. The first-order chi connectivity index (χ1) is 8.97. The highest BCUT2D eigenvalue weighted by Crippen LogP contribution is 2.27. The lowest BCUT2D eigenvalue weighted by atomic mass is 10.0. The van der Waals surface area contributed by atoms with E-state index >= 15 is 0 Å². The first-order valence-electron chi connectivity index (χ1n) is 5.54. The van der Waals surface area contributed by atoms with Gasteiger partial charge in [-0.3, -0.25) is 0 Å². The highest BCUT2D eigenvalue weighted by atomic mass is 35.5. The standard InChI is InChI=1S/C14H10Cl3FO/c15-9-2-4-13(18)10(7-9)14(19)6-8-1-3-11(16)12(17)5-8/h1-5,7,14,19H,6H2. The molecule has 0 saturated heterocycles. The predicted molar refractivity (Wildman–Crippen MR) is 76.5 cm³/mol. The van der Waals surface area contributed by atoms with Gasteiger partial charge in [0.25, 0.3) is 0 Å². The quantitative estimate of drug-likeness (QED) is 0.838. The average Bonchev–Trinajstić information content (AvgIpc) is 2.36. The van der Waals surface area contributed by atoms with Crippen LogP contribution in [0.4, 0.5) is 4.39 Å². The molecule has 0 heterocycles. The van der Waals surface area contributed by atoms with Gasteiger partial charge in [-0.1, -0.05) is 40.9 Å². The monoisotopic (exact) mass is 318 g/mol. The summed E-state index contributed by atoms with van der Waals surface area (Å²) in [5, 5.41) is 11.3. The molecule has 0 spiro atoms. The second-order valence-electron chi connectivity index (χ2n) is 4.13. The zero-order valence-electron chi connectivity index (χ0n) is 9.71. The summed E-state index contributed by atoms with van der Waals surface area (Å²) in [6.45, 7) is 0. The molecule has 0 bridgehead atoms. The van der Waals surface area contributed by atoms with Crippen LogP contribution < -0.4 is 0 Å².